The van der Waals surface area contributed by atoms with Gasteiger partial charge in [-0.3, -0.25) is 4.79 Å². The van der Waals surface area contributed by atoms with Crippen LogP contribution in [0.3, 0.4) is 0 Å². The molecule has 1 unspecified atom stereocenters. The van der Waals surface area contributed by atoms with E-state index in [2.05, 4.69) is 26.9 Å². The van der Waals surface area contributed by atoms with Gasteiger partial charge in [-0.25, -0.2) is 9.97 Å². The summed E-state index contributed by atoms with van der Waals surface area (Å²) in [5, 5.41) is 10.1. The summed E-state index contributed by atoms with van der Waals surface area (Å²) in [6.07, 6.45) is 6.79. The van der Waals surface area contributed by atoms with Gasteiger partial charge in [0.2, 0.25) is 5.91 Å². The van der Waals surface area contributed by atoms with Crippen molar-refractivity contribution >= 4 is 22.8 Å². The van der Waals surface area contributed by atoms with Gasteiger partial charge in [0.05, 0.1) is 5.39 Å². The highest BCUT2D eigenvalue weighted by Gasteiger charge is 2.40. The number of aliphatic hydroxyl groups excluding tert-OH is 1. The summed E-state index contributed by atoms with van der Waals surface area (Å²) < 4.78 is 0. The van der Waals surface area contributed by atoms with Crippen LogP contribution in [0, 0.1) is 11.8 Å². The first kappa shape index (κ1) is 15.4. The second kappa shape index (κ2) is 6.05. The van der Waals surface area contributed by atoms with E-state index >= 15 is 0 Å². The van der Waals surface area contributed by atoms with Crippen LogP contribution in [0.25, 0.3) is 11.0 Å². The molecule has 1 saturated heterocycles. The Bertz CT molecular complexity index is 745. The maximum Gasteiger partial charge on any atom is 0.248 e. The van der Waals surface area contributed by atoms with Gasteiger partial charge >= 0.3 is 0 Å². The van der Waals surface area contributed by atoms with Gasteiger partial charge in [0, 0.05) is 32.4 Å². The van der Waals surface area contributed by atoms with Gasteiger partial charge in [-0.15, -0.1) is 0 Å². The summed E-state index contributed by atoms with van der Waals surface area (Å²) in [6, 6.07) is 2.44. The van der Waals surface area contributed by atoms with E-state index in [9.17, 15) is 4.79 Å². The molecule has 3 atom stereocenters. The molecule has 128 valence electrons. The molecule has 0 aromatic carbocycles. The number of carbonyl (C=O) groups excluding carboxylic acids is 1. The summed E-state index contributed by atoms with van der Waals surface area (Å²) in [4.78, 5) is 27.7. The Labute approximate surface area is 140 Å². The van der Waals surface area contributed by atoms with E-state index in [0.717, 1.165) is 49.2 Å². The Morgan fingerprint density at radius 3 is 3.04 bits per heavy atom. The number of aliphatic hydroxyl groups is 1. The lowest BCUT2D eigenvalue weighted by molar-refractivity contribution is -0.133. The summed E-state index contributed by atoms with van der Waals surface area (Å²) in [7, 11) is 2.10. The largest absolute Gasteiger partial charge is 0.387 e. The van der Waals surface area contributed by atoms with E-state index in [1.54, 1.807) is 6.33 Å². The molecule has 0 radical (unpaired) electrons. The zero-order valence-corrected chi connectivity index (χ0v) is 13.9. The number of fused-ring (bicyclic) bond motifs is 2. The molecule has 7 heteroatoms. The first-order valence-electron chi connectivity index (χ1n) is 8.57. The fourth-order valence-electron chi connectivity index (χ4n) is 4.37. The van der Waals surface area contributed by atoms with Crippen molar-refractivity contribution < 1.29 is 9.90 Å². The van der Waals surface area contributed by atoms with Crippen molar-refractivity contribution in [3.8, 4) is 0 Å². The van der Waals surface area contributed by atoms with Gasteiger partial charge in [0.1, 0.15) is 24.4 Å². The predicted molar refractivity (Wildman–Crippen MR) is 90.6 cm³/mol. The van der Waals surface area contributed by atoms with E-state index in [-0.39, 0.29) is 12.5 Å². The van der Waals surface area contributed by atoms with Crippen LogP contribution in [-0.4, -0.2) is 63.7 Å². The van der Waals surface area contributed by atoms with Crippen LogP contribution >= 0.6 is 0 Å². The van der Waals surface area contributed by atoms with Crippen LogP contribution < -0.4 is 4.90 Å². The zero-order chi connectivity index (χ0) is 16.7. The Hall–Kier alpha value is -2.15. The van der Waals surface area contributed by atoms with Crippen molar-refractivity contribution in [2.24, 2.45) is 11.8 Å². The lowest BCUT2D eigenvalue weighted by atomic mass is 9.78. The van der Waals surface area contributed by atoms with Gasteiger partial charge in [-0.2, -0.15) is 0 Å². The van der Waals surface area contributed by atoms with Crippen molar-refractivity contribution in [2.75, 3.05) is 31.6 Å². The molecule has 2 aromatic heterocycles. The molecule has 24 heavy (non-hydrogen) atoms. The Morgan fingerprint density at radius 2 is 2.21 bits per heavy atom. The van der Waals surface area contributed by atoms with E-state index in [4.69, 9.17) is 5.11 Å². The Morgan fingerprint density at radius 1 is 1.38 bits per heavy atom. The highest BCUT2D eigenvalue weighted by Crippen LogP contribution is 2.39. The van der Waals surface area contributed by atoms with E-state index in [1.165, 1.54) is 0 Å². The molecule has 0 spiro atoms. The minimum absolute atomic E-state index is 0.140. The molecule has 0 bridgehead atoms. The highest BCUT2D eigenvalue weighted by atomic mass is 16.3. The van der Waals surface area contributed by atoms with E-state index in [1.807, 2.05) is 17.2 Å². The molecule has 2 aliphatic rings. The molecule has 3 heterocycles. The summed E-state index contributed by atoms with van der Waals surface area (Å²) in [6.45, 7) is 1.20. The standard InChI is InChI=1S/C17H23N5O2/c1-21(17-14-4-5-18-16(14)19-10-20-17)13-3-2-11-7-22(15(24)9-23)8-12(11)6-13/h4-5,10-13,23H,2-3,6-9H2,1H3,(H,18,19,20)/t11-,12?,13+/m0/s1. The molecule has 7 nitrogen and oxygen atoms in total. The number of carbonyl (C=O) groups is 1. The third kappa shape index (κ3) is 2.53. The van der Waals surface area contributed by atoms with Crippen LogP contribution in [0.2, 0.25) is 0 Å². The van der Waals surface area contributed by atoms with Crippen molar-refractivity contribution in [3.63, 3.8) is 0 Å². The molecule has 1 aliphatic carbocycles. The number of hydrogen-bond donors (Lipinski definition) is 2. The zero-order valence-electron chi connectivity index (χ0n) is 13.9. The SMILES string of the molecule is CN(c1ncnc2[nH]ccc12)[C@@H]1CC[C@H]2CN(C(=O)CO)CC2C1. The average molecular weight is 329 g/mol. The van der Waals surface area contributed by atoms with Gasteiger partial charge in [0.25, 0.3) is 0 Å². The fourth-order valence-corrected chi connectivity index (χ4v) is 4.37. The van der Waals surface area contributed by atoms with Crippen molar-refractivity contribution in [2.45, 2.75) is 25.3 Å². The third-order valence-corrected chi connectivity index (χ3v) is 5.72. The number of amides is 1. The van der Waals surface area contributed by atoms with Crippen LogP contribution in [0.4, 0.5) is 5.82 Å². The van der Waals surface area contributed by atoms with Gasteiger partial charge in [-0.05, 0) is 37.2 Å². The molecule has 4 rings (SSSR count). The number of nitrogens with zero attached hydrogens (tertiary/aromatic N) is 4. The minimum atomic E-state index is -0.380. The van der Waals surface area contributed by atoms with Gasteiger partial charge in [-0.1, -0.05) is 0 Å². The first-order chi connectivity index (χ1) is 11.7. The molecule has 2 N–H and O–H groups in total. The predicted octanol–water partition coefficient (Wildman–Crippen LogP) is 1.01. The second-order valence-electron chi connectivity index (χ2n) is 6.99. The third-order valence-electron chi connectivity index (χ3n) is 5.72. The number of anilines is 1. The molecule has 2 fully saturated rings. The molecule has 1 saturated carbocycles. The van der Waals surface area contributed by atoms with Crippen molar-refractivity contribution in [3.05, 3.63) is 18.6 Å². The van der Waals surface area contributed by atoms with Gasteiger partial charge < -0.3 is 19.9 Å². The lowest BCUT2D eigenvalue weighted by Gasteiger charge is -2.37. The first-order valence-corrected chi connectivity index (χ1v) is 8.57. The molecular weight excluding hydrogens is 306 g/mol. The summed E-state index contributed by atoms with van der Waals surface area (Å²) in [5.41, 5.74) is 0.862. The number of aromatic amines is 1. The highest BCUT2D eigenvalue weighted by molar-refractivity contribution is 5.87. The Kier molecular flexibility index (Phi) is 3.88. The topological polar surface area (TPSA) is 85.4 Å². The summed E-state index contributed by atoms with van der Waals surface area (Å²) >= 11 is 0. The maximum atomic E-state index is 11.8. The average Bonchev–Trinajstić information content (AvgIpc) is 3.25. The summed E-state index contributed by atoms with van der Waals surface area (Å²) in [5.74, 6) is 1.92. The van der Waals surface area contributed by atoms with Crippen LogP contribution in [0.5, 0.6) is 0 Å². The van der Waals surface area contributed by atoms with Crippen LogP contribution in [-0.2, 0) is 4.79 Å². The number of rotatable bonds is 3. The maximum absolute atomic E-state index is 11.8. The van der Waals surface area contributed by atoms with Crippen LogP contribution in [0.15, 0.2) is 18.6 Å². The van der Waals surface area contributed by atoms with Crippen molar-refractivity contribution in [1.29, 1.82) is 0 Å². The smallest absolute Gasteiger partial charge is 0.248 e. The molecular formula is C17H23N5O2. The minimum Gasteiger partial charge on any atom is -0.387 e. The van der Waals surface area contributed by atoms with Crippen molar-refractivity contribution in [1.82, 2.24) is 19.9 Å². The normalized spacial score (nSPS) is 26.6. The quantitative estimate of drug-likeness (QED) is 0.878. The molecule has 2 aromatic rings. The number of aromatic nitrogens is 3. The number of likely N-dealkylation sites (tertiary alicyclic amines) is 1. The lowest BCUT2D eigenvalue weighted by Crippen LogP contribution is -2.39. The van der Waals surface area contributed by atoms with E-state index < -0.39 is 0 Å². The fraction of sp³-hybridized carbons (Fsp3) is 0.588. The van der Waals surface area contributed by atoms with Crippen LogP contribution in [0.1, 0.15) is 19.3 Å². The Balaban J connectivity index is 1.50. The van der Waals surface area contributed by atoms with E-state index in [0.29, 0.717) is 17.9 Å². The number of H-pyrrole nitrogens is 1. The second-order valence-corrected chi connectivity index (χ2v) is 6.99. The monoisotopic (exact) mass is 329 g/mol. The number of hydrogen-bond acceptors (Lipinski definition) is 5. The van der Waals surface area contributed by atoms with Gasteiger partial charge in [0.15, 0.2) is 0 Å². The number of nitrogens with one attached hydrogen (secondary N) is 1. The molecule has 1 amide bonds. The molecule has 1 aliphatic heterocycles.